The van der Waals surface area contributed by atoms with Crippen LogP contribution in [-0.2, 0) is 16.4 Å². The average molecular weight is 491 g/mol. The number of benzene rings is 3. The van der Waals surface area contributed by atoms with E-state index in [9.17, 15) is 22.8 Å². The van der Waals surface area contributed by atoms with Gasteiger partial charge in [-0.15, -0.1) is 0 Å². The van der Waals surface area contributed by atoms with Gasteiger partial charge < -0.3 is 0 Å². The van der Waals surface area contributed by atoms with E-state index in [1.165, 1.54) is 22.9 Å². The van der Waals surface area contributed by atoms with Gasteiger partial charge in [-0.1, -0.05) is 54.6 Å². The summed E-state index contributed by atoms with van der Waals surface area (Å²) in [6.45, 7) is 1.81. The first kappa shape index (κ1) is 23.8. The van der Waals surface area contributed by atoms with E-state index in [1.54, 1.807) is 31.2 Å². The van der Waals surface area contributed by atoms with E-state index in [-0.39, 0.29) is 28.3 Å². The molecule has 0 saturated carbocycles. The molecule has 0 unspecified atom stereocenters. The van der Waals surface area contributed by atoms with Crippen LogP contribution in [0.3, 0.4) is 0 Å². The normalized spacial score (nSPS) is 11.3. The predicted octanol–water partition coefficient (Wildman–Crippen LogP) is 2.23. The molecular weight excluding hydrogens is 468 g/mol. The number of carbonyl (C=O) groups excluding carboxylic acids is 2. The molecule has 10 heteroatoms. The predicted molar refractivity (Wildman–Crippen MR) is 131 cm³/mol. The molecular formula is C25H22N4O5S. The number of nitrogens with zero attached hydrogens (tertiary/aromatic N) is 2. The lowest BCUT2D eigenvalue weighted by atomic mass is 10.1. The average Bonchev–Trinajstić information content (AvgIpc) is 2.84. The van der Waals surface area contributed by atoms with Gasteiger partial charge in [-0.2, -0.15) is 5.10 Å². The first-order valence-electron chi connectivity index (χ1n) is 10.6. The molecule has 0 bridgehead atoms. The Bertz CT molecular complexity index is 1610. The highest BCUT2D eigenvalue weighted by Crippen LogP contribution is 2.16. The third-order valence-electron chi connectivity index (χ3n) is 5.43. The standard InChI is InChI=1S/C25H22N4O5S/c1-16-12-13-18(35(2,33)34)14-21(16)23(30)26-27-24(31)22-19-10-6-7-11-20(19)25(32)29(28-22)15-17-8-4-3-5-9-17/h3-14H,15H2,1-2H3,(H,26,30)(H,27,31). The van der Waals surface area contributed by atoms with E-state index < -0.39 is 21.7 Å². The van der Waals surface area contributed by atoms with Crippen LogP contribution < -0.4 is 16.4 Å². The van der Waals surface area contributed by atoms with Gasteiger partial charge in [0.1, 0.15) is 0 Å². The maximum Gasteiger partial charge on any atom is 0.290 e. The number of sulfone groups is 1. The fourth-order valence-electron chi connectivity index (χ4n) is 3.58. The second-order valence-electron chi connectivity index (χ2n) is 8.00. The van der Waals surface area contributed by atoms with Gasteiger partial charge in [0.25, 0.3) is 17.4 Å². The molecule has 178 valence electrons. The number of hydrogen-bond donors (Lipinski definition) is 2. The summed E-state index contributed by atoms with van der Waals surface area (Å²) in [7, 11) is -3.52. The quantitative estimate of drug-likeness (QED) is 0.413. The highest BCUT2D eigenvalue weighted by atomic mass is 32.2. The van der Waals surface area contributed by atoms with Gasteiger partial charge in [0, 0.05) is 17.2 Å². The number of carbonyl (C=O) groups is 2. The van der Waals surface area contributed by atoms with Crippen LogP contribution in [0.25, 0.3) is 10.8 Å². The lowest BCUT2D eigenvalue weighted by molar-refractivity contribution is 0.0843. The lowest BCUT2D eigenvalue weighted by Gasteiger charge is -2.13. The molecule has 0 spiro atoms. The van der Waals surface area contributed by atoms with E-state index in [0.29, 0.717) is 16.3 Å². The van der Waals surface area contributed by atoms with Gasteiger partial charge in [0.15, 0.2) is 15.5 Å². The number of aryl methyl sites for hydroxylation is 1. The maximum atomic E-state index is 13.0. The molecule has 0 fully saturated rings. The lowest BCUT2D eigenvalue weighted by Crippen LogP contribution is -2.43. The summed E-state index contributed by atoms with van der Waals surface area (Å²) in [6.07, 6.45) is 1.04. The molecule has 1 heterocycles. The van der Waals surface area contributed by atoms with E-state index >= 15 is 0 Å². The van der Waals surface area contributed by atoms with Gasteiger partial charge in [0.2, 0.25) is 0 Å². The van der Waals surface area contributed by atoms with Crippen LogP contribution in [0.1, 0.15) is 32.0 Å². The fraction of sp³-hybridized carbons (Fsp3) is 0.120. The molecule has 2 amide bonds. The minimum Gasteiger partial charge on any atom is -0.267 e. The Labute approximate surface area is 201 Å². The van der Waals surface area contributed by atoms with Gasteiger partial charge >= 0.3 is 0 Å². The van der Waals surface area contributed by atoms with Crippen molar-refractivity contribution in [3.63, 3.8) is 0 Å². The molecule has 0 saturated heterocycles. The van der Waals surface area contributed by atoms with E-state index in [4.69, 9.17) is 0 Å². The second-order valence-corrected chi connectivity index (χ2v) is 10.0. The maximum absolute atomic E-state index is 13.0. The van der Waals surface area contributed by atoms with E-state index in [1.807, 2.05) is 30.3 Å². The van der Waals surface area contributed by atoms with Crippen LogP contribution in [-0.4, -0.2) is 36.3 Å². The van der Waals surface area contributed by atoms with Crippen LogP contribution in [0, 0.1) is 6.92 Å². The Balaban J connectivity index is 1.64. The van der Waals surface area contributed by atoms with Crippen molar-refractivity contribution >= 4 is 32.4 Å². The monoisotopic (exact) mass is 490 g/mol. The smallest absolute Gasteiger partial charge is 0.267 e. The molecule has 2 N–H and O–H groups in total. The highest BCUT2D eigenvalue weighted by Gasteiger charge is 2.19. The van der Waals surface area contributed by atoms with Gasteiger partial charge in [-0.3, -0.25) is 25.2 Å². The highest BCUT2D eigenvalue weighted by molar-refractivity contribution is 7.90. The van der Waals surface area contributed by atoms with Crippen LogP contribution in [0.15, 0.2) is 82.5 Å². The van der Waals surface area contributed by atoms with E-state index in [0.717, 1.165) is 11.8 Å². The molecule has 9 nitrogen and oxygen atoms in total. The number of hydrazine groups is 1. The van der Waals surface area contributed by atoms with Crippen LogP contribution in [0.4, 0.5) is 0 Å². The summed E-state index contributed by atoms with van der Waals surface area (Å²) in [5.74, 6) is -1.42. The molecule has 0 aliphatic carbocycles. The number of fused-ring (bicyclic) bond motifs is 1. The first-order valence-corrected chi connectivity index (χ1v) is 12.5. The molecule has 3 aromatic carbocycles. The molecule has 0 aliphatic rings. The van der Waals surface area contributed by atoms with Gasteiger partial charge in [-0.05, 0) is 36.2 Å². The Morgan fingerprint density at radius 1 is 0.886 bits per heavy atom. The number of nitrogens with one attached hydrogen (secondary N) is 2. The molecule has 0 aliphatic heterocycles. The molecule has 0 radical (unpaired) electrons. The van der Waals surface area contributed by atoms with Crippen molar-refractivity contribution in [2.75, 3.05) is 6.26 Å². The minimum atomic E-state index is -3.52. The molecule has 1 aromatic heterocycles. The summed E-state index contributed by atoms with van der Waals surface area (Å²) < 4.78 is 24.9. The number of hydrogen-bond acceptors (Lipinski definition) is 6. The zero-order valence-electron chi connectivity index (χ0n) is 19.0. The van der Waals surface area contributed by atoms with Crippen molar-refractivity contribution in [3.05, 3.63) is 106 Å². The summed E-state index contributed by atoms with van der Waals surface area (Å²) in [5.41, 5.74) is 5.69. The fourth-order valence-corrected chi connectivity index (χ4v) is 4.23. The summed E-state index contributed by atoms with van der Waals surface area (Å²) in [4.78, 5) is 38.7. The number of amides is 2. The topological polar surface area (TPSA) is 127 Å². The van der Waals surface area contributed by atoms with E-state index in [2.05, 4.69) is 16.0 Å². The zero-order valence-corrected chi connectivity index (χ0v) is 19.8. The van der Waals surface area contributed by atoms with Crippen molar-refractivity contribution in [2.45, 2.75) is 18.4 Å². The van der Waals surface area contributed by atoms with Crippen molar-refractivity contribution in [1.29, 1.82) is 0 Å². The number of aromatic nitrogens is 2. The number of rotatable bonds is 5. The molecule has 4 aromatic rings. The van der Waals surface area contributed by atoms with Crippen molar-refractivity contribution in [1.82, 2.24) is 20.6 Å². The summed E-state index contributed by atoms with van der Waals surface area (Å²) in [6, 6.07) is 20.0. The first-order chi connectivity index (χ1) is 16.6. The van der Waals surface area contributed by atoms with Crippen molar-refractivity contribution in [3.8, 4) is 0 Å². The Kier molecular flexibility index (Phi) is 6.48. The third kappa shape index (κ3) is 5.12. The zero-order chi connectivity index (χ0) is 25.2. The van der Waals surface area contributed by atoms with Gasteiger partial charge in [0.05, 0.1) is 16.8 Å². The van der Waals surface area contributed by atoms with Crippen molar-refractivity contribution in [2.24, 2.45) is 0 Å². The Morgan fingerprint density at radius 2 is 1.51 bits per heavy atom. The summed E-state index contributed by atoms with van der Waals surface area (Å²) >= 11 is 0. The SMILES string of the molecule is Cc1ccc(S(C)(=O)=O)cc1C(=O)NNC(=O)c1nn(Cc2ccccc2)c(=O)c2ccccc12. The Hall–Kier alpha value is -4.31. The van der Waals surface area contributed by atoms with Crippen LogP contribution in [0.2, 0.25) is 0 Å². The third-order valence-corrected chi connectivity index (χ3v) is 6.54. The van der Waals surface area contributed by atoms with Gasteiger partial charge in [-0.25, -0.2) is 13.1 Å². The molecule has 4 rings (SSSR count). The van der Waals surface area contributed by atoms with Crippen LogP contribution >= 0.6 is 0 Å². The Morgan fingerprint density at radius 3 is 2.20 bits per heavy atom. The molecule has 35 heavy (non-hydrogen) atoms. The largest absolute Gasteiger partial charge is 0.290 e. The van der Waals surface area contributed by atoms with Crippen molar-refractivity contribution < 1.29 is 18.0 Å². The molecule has 0 atom stereocenters. The second kappa shape index (κ2) is 9.51. The van der Waals surface area contributed by atoms with Crippen LogP contribution in [0.5, 0.6) is 0 Å². The summed E-state index contributed by atoms with van der Waals surface area (Å²) in [5, 5.41) is 4.92. The minimum absolute atomic E-state index is 0.0137.